The van der Waals surface area contributed by atoms with Gasteiger partial charge >= 0.3 is 6.18 Å². The standard InChI is InChI=1S/C28H24F4N4O5/c1-39-20-9-15(8-16-11-41-36-22(16)20)25(37)34-12-26(38,17-4-5-17)21-10-19-24(40-13-27(19,33)28(30,31)32)23(35-21)14-2-6-18(29)7-3-14/h2-3,6-11,17,38H,4-5,12-13,33H2,1H3,(H,34,37)/t26-,27+/m1/s1. The van der Waals surface area contributed by atoms with Crippen LogP contribution in [-0.4, -0.2) is 47.6 Å². The molecule has 1 amide bonds. The van der Waals surface area contributed by atoms with E-state index in [0.717, 1.165) is 18.2 Å². The van der Waals surface area contributed by atoms with Gasteiger partial charge in [-0.25, -0.2) is 9.37 Å². The smallest absolute Gasteiger partial charge is 0.414 e. The number of carbonyl (C=O) groups excluding carboxylic acids is 1. The van der Waals surface area contributed by atoms with Gasteiger partial charge in [-0.2, -0.15) is 13.2 Å². The van der Waals surface area contributed by atoms with Crippen LogP contribution in [0.25, 0.3) is 22.2 Å². The van der Waals surface area contributed by atoms with E-state index in [0.29, 0.717) is 29.5 Å². The van der Waals surface area contributed by atoms with Gasteiger partial charge in [0.1, 0.15) is 35.7 Å². The van der Waals surface area contributed by atoms with E-state index in [1.807, 2.05) is 0 Å². The minimum atomic E-state index is -4.89. The Kier molecular flexibility index (Phi) is 6.19. The number of halogens is 4. The number of methoxy groups -OCH3 is 1. The van der Waals surface area contributed by atoms with Crippen molar-refractivity contribution in [3.63, 3.8) is 0 Å². The Morgan fingerprint density at radius 3 is 2.61 bits per heavy atom. The predicted molar refractivity (Wildman–Crippen MR) is 137 cm³/mol. The van der Waals surface area contributed by atoms with Crippen molar-refractivity contribution in [2.75, 3.05) is 20.3 Å². The molecule has 2 aliphatic rings. The Balaban J connectivity index is 1.41. The highest BCUT2D eigenvalue weighted by Gasteiger charge is 2.59. The van der Waals surface area contributed by atoms with Crippen molar-refractivity contribution in [1.82, 2.24) is 15.5 Å². The van der Waals surface area contributed by atoms with E-state index in [-0.39, 0.29) is 34.8 Å². The van der Waals surface area contributed by atoms with Crippen LogP contribution in [0.15, 0.2) is 53.3 Å². The molecule has 0 unspecified atom stereocenters. The number of alkyl halides is 3. The summed E-state index contributed by atoms with van der Waals surface area (Å²) in [4.78, 5) is 17.7. The van der Waals surface area contributed by atoms with E-state index in [1.54, 1.807) is 0 Å². The molecule has 1 aliphatic carbocycles. The van der Waals surface area contributed by atoms with Gasteiger partial charge in [0.25, 0.3) is 5.91 Å². The molecule has 0 bridgehead atoms. The fourth-order valence-corrected chi connectivity index (χ4v) is 5.10. The number of benzene rings is 2. The minimum Gasteiger partial charge on any atom is -0.494 e. The fraction of sp³-hybridized carbons (Fsp3) is 0.321. The van der Waals surface area contributed by atoms with Crippen LogP contribution < -0.4 is 20.5 Å². The molecule has 214 valence electrons. The first-order valence-corrected chi connectivity index (χ1v) is 12.7. The van der Waals surface area contributed by atoms with E-state index in [9.17, 15) is 27.5 Å². The summed E-state index contributed by atoms with van der Waals surface area (Å²) >= 11 is 0. The lowest BCUT2D eigenvalue weighted by molar-refractivity contribution is -0.191. The van der Waals surface area contributed by atoms with Crippen molar-refractivity contribution in [1.29, 1.82) is 0 Å². The fourth-order valence-electron chi connectivity index (χ4n) is 5.10. The third-order valence-corrected chi connectivity index (χ3v) is 7.65. The number of carbonyl (C=O) groups is 1. The maximum absolute atomic E-state index is 14.2. The van der Waals surface area contributed by atoms with Crippen LogP contribution >= 0.6 is 0 Å². The third-order valence-electron chi connectivity index (χ3n) is 7.65. The van der Waals surface area contributed by atoms with Gasteiger partial charge < -0.3 is 30.2 Å². The Labute approximate surface area is 230 Å². The molecular formula is C28H24F4N4O5. The number of nitrogens with two attached hydrogens (primary N) is 1. The molecule has 1 aliphatic heterocycles. The van der Waals surface area contributed by atoms with Crippen molar-refractivity contribution in [3.05, 3.63) is 71.4 Å². The lowest BCUT2D eigenvalue weighted by Crippen LogP contribution is -2.52. The number of hydrogen-bond acceptors (Lipinski definition) is 8. The molecule has 0 saturated heterocycles. The monoisotopic (exact) mass is 572 g/mol. The van der Waals surface area contributed by atoms with Crippen LogP contribution in [0.3, 0.4) is 0 Å². The highest BCUT2D eigenvalue weighted by atomic mass is 19.4. The van der Waals surface area contributed by atoms with Gasteiger partial charge in [-0.05, 0) is 61.2 Å². The van der Waals surface area contributed by atoms with Crippen molar-refractivity contribution in [3.8, 4) is 22.8 Å². The topological polar surface area (TPSA) is 133 Å². The first kappa shape index (κ1) is 27.0. The number of amides is 1. The third kappa shape index (κ3) is 4.45. The Bertz CT molecular complexity index is 1650. The van der Waals surface area contributed by atoms with Crippen LogP contribution in [-0.2, 0) is 11.1 Å². The van der Waals surface area contributed by atoms with E-state index in [2.05, 4.69) is 15.5 Å². The molecular weight excluding hydrogens is 548 g/mol. The van der Waals surface area contributed by atoms with Crippen LogP contribution in [0.2, 0.25) is 0 Å². The average Bonchev–Trinajstić information content (AvgIpc) is 3.60. The molecule has 41 heavy (non-hydrogen) atoms. The number of aromatic nitrogens is 2. The highest BCUT2D eigenvalue weighted by molar-refractivity contribution is 5.99. The summed E-state index contributed by atoms with van der Waals surface area (Å²) in [6, 6.07) is 9.06. The summed E-state index contributed by atoms with van der Waals surface area (Å²) in [5, 5.41) is 19.0. The van der Waals surface area contributed by atoms with Gasteiger partial charge in [-0.15, -0.1) is 0 Å². The molecule has 3 heterocycles. The molecule has 2 aromatic carbocycles. The molecule has 1 fully saturated rings. The lowest BCUT2D eigenvalue weighted by atomic mass is 9.86. The highest BCUT2D eigenvalue weighted by Crippen LogP contribution is 2.52. The maximum Gasteiger partial charge on any atom is 0.414 e. The zero-order chi connectivity index (χ0) is 29.2. The first-order chi connectivity index (χ1) is 19.4. The van der Waals surface area contributed by atoms with Crippen molar-refractivity contribution in [2.24, 2.45) is 11.7 Å². The quantitative estimate of drug-likeness (QED) is 0.281. The van der Waals surface area contributed by atoms with Gasteiger partial charge in [0, 0.05) is 22.1 Å². The van der Waals surface area contributed by atoms with Crippen LogP contribution in [0, 0.1) is 11.7 Å². The zero-order valence-electron chi connectivity index (χ0n) is 21.6. The molecule has 0 spiro atoms. The number of ether oxygens (including phenoxy) is 2. The number of fused-ring (bicyclic) bond motifs is 2. The Morgan fingerprint density at radius 1 is 1.22 bits per heavy atom. The number of rotatable bonds is 7. The second kappa shape index (κ2) is 9.42. The summed E-state index contributed by atoms with van der Waals surface area (Å²) in [6.45, 7) is -1.25. The molecule has 13 heteroatoms. The normalized spacial score (nSPS) is 19.9. The predicted octanol–water partition coefficient (Wildman–Crippen LogP) is 4.17. The number of hydrogen-bond donors (Lipinski definition) is 3. The zero-order valence-corrected chi connectivity index (χ0v) is 21.6. The summed E-state index contributed by atoms with van der Waals surface area (Å²) in [5.41, 5.74) is 1.50. The maximum atomic E-state index is 14.2. The SMILES string of the molecule is COc1cc(C(=O)NC[C@](O)(c2cc3c(c(-c4ccc(F)cc4)n2)OC[C@@]3(N)C(F)(F)F)C2CC2)cc2conc12. The largest absolute Gasteiger partial charge is 0.494 e. The van der Waals surface area contributed by atoms with Crippen molar-refractivity contribution in [2.45, 2.75) is 30.2 Å². The average molecular weight is 573 g/mol. The van der Waals surface area contributed by atoms with Crippen molar-refractivity contribution < 1.29 is 41.5 Å². The van der Waals surface area contributed by atoms with Crippen LogP contribution in [0.5, 0.6) is 11.5 Å². The van der Waals surface area contributed by atoms with E-state index >= 15 is 0 Å². The summed E-state index contributed by atoms with van der Waals surface area (Å²) in [5.74, 6) is -1.42. The Morgan fingerprint density at radius 2 is 1.95 bits per heavy atom. The minimum absolute atomic E-state index is 0.0258. The van der Waals surface area contributed by atoms with Crippen LogP contribution in [0.4, 0.5) is 17.6 Å². The summed E-state index contributed by atoms with van der Waals surface area (Å²) in [6.07, 6.45) is -2.42. The molecule has 4 aromatic rings. The van der Waals surface area contributed by atoms with Gasteiger partial charge in [0.15, 0.2) is 16.8 Å². The lowest BCUT2D eigenvalue weighted by Gasteiger charge is -2.31. The van der Waals surface area contributed by atoms with Gasteiger partial charge in [0.05, 0.1) is 19.3 Å². The number of pyridine rings is 1. The first-order valence-electron chi connectivity index (χ1n) is 12.7. The van der Waals surface area contributed by atoms with E-state index < -0.39 is 47.1 Å². The summed E-state index contributed by atoms with van der Waals surface area (Å²) < 4.78 is 71.9. The molecule has 6 rings (SSSR count). The van der Waals surface area contributed by atoms with Gasteiger partial charge in [0.2, 0.25) is 0 Å². The second-order valence-electron chi connectivity index (χ2n) is 10.3. The molecule has 2 aromatic heterocycles. The summed E-state index contributed by atoms with van der Waals surface area (Å²) in [7, 11) is 1.41. The molecule has 9 nitrogen and oxygen atoms in total. The van der Waals surface area contributed by atoms with E-state index in [4.69, 9.17) is 19.7 Å². The molecule has 1 saturated carbocycles. The number of nitrogens with zero attached hydrogens (tertiary/aromatic N) is 2. The van der Waals surface area contributed by atoms with Crippen molar-refractivity contribution >= 4 is 16.8 Å². The van der Waals surface area contributed by atoms with E-state index in [1.165, 1.54) is 37.6 Å². The number of nitrogens with one attached hydrogen (secondary N) is 1. The van der Waals surface area contributed by atoms with Crippen LogP contribution in [0.1, 0.15) is 34.5 Å². The molecule has 4 N–H and O–H groups in total. The second-order valence-corrected chi connectivity index (χ2v) is 10.3. The van der Waals surface area contributed by atoms with Gasteiger partial charge in [-0.3, -0.25) is 4.79 Å². The molecule has 2 atom stereocenters. The molecule has 0 radical (unpaired) electrons. The Hall–Kier alpha value is -4.23. The number of aliphatic hydroxyl groups is 1. The van der Waals surface area contributed by atoms with Gasteiger partial charge in [-0.1, -0.05) is 5.16 Å².